The molecule has 0 aliphatic carbocycles. The summed E-state index contributed by atoms with van der Waals surface area (Å²) in [5.41, 5.74) is 3.95. The van der Waals surface area contributed by atoms with Gasteiger partial charge in [-0.1, -0.05) is 29.8 Å². The summed E-state index contributed by atoms with van der Waals surface area (Å²) in [4.78, 5) is 0. The molecule has 0 unspecified atom stereocenters. The summed E-state index contributed by atoms with van der Waals surface area (Å²) in [7, 11) is 0. The number of benzene rings is 2. The molecule has 5 nitrogen and oxygen atoms in total. The Morgan fingerprint density at radius 3 is 2.64 bits per heavy atom. The number of hydrogen-bond acceptors (Lipinski definition) is 4. The second-order valence-electron chi connectivity index (χ2n) is 4.91. The van der Waals surface area contributed by atoms with E-state index in [1.54, 1.807) is 10.7 Å². The Hall–Kier alpha value is -2.71. The minimum absolute atomic E-state index is 0.429. The van der Waals surface area contributed by atoms with E-state index in [2.05, 4.69) is 21.6 Å². The quantitative estimate of drug-likeness (QED) is 0.727. The van der Waals surface area contributed by atoms with Crippen molar-refractivity contribution in [2.24, 2.45) is 0 Å². The first kappa shape index (κ1) is 14.2. The fraction of sp³-hybridized carbons (Fsp3) is 0.125. The summed E-state index contributed by atoms with van der Waals surface area (Å²) < 4.78 is 1.67. The van der Waals surface area contributed by atoms with Crippen LogP contribution >= 0.6 is 11.6 Å². The van der Waals surface area contributed by atoms with Crippen LogP contribution in [0, 0.1) is 25.2 Å². The van der Waals surface area contributed by atoms with Gasteiger partial charge in [-0.3, -0.25) is 0 Å². The molecule has 22 heavy (non-hydrogen) atoms. The zero-order valence-electron chi connectivity index (χ0n) is 12.1. The van der Waals surface area contributed by atoms with Gasteiger partial charge in [0, 0.05) is 5.56 Å². The monoisotopic (exact) mass is 309 g/mol. The molecule has 0 fully saturated rings. The van der Waals surface area contributed by atoms with Crippen LogP contribution in [0.4, 0.5) is 0 Å². The van der Waals surface area contributed by atoms with Crippen molar-refractivity contribution in [3.05, 3.63) is 58.1 Å². The highest BCUT2D eigenvalue weighted by Crippen LogP contribution is 2.29. The molecular weight excluding hydrogens is 298 g/mol. The molecule has 0 atom stereocenters. The first-order chi connectivity index (χ1) is 10.6. The molecule has 0 aliphatic heterocycles. The lowest BCUT2D eigenvalue weighted by Crippen LogP contribution is -2.03. The van der Waals surface area contributed by atoms with Crippen molar-refractivity contribution in [3.8, 4) is 23.1 Å². The van der Waals surface area contributed by atoms with Gasteiger partial charge in [-0.05, 0) is 53.6 Å². The minimum atomic E-state index is 0.429. The van der Waals surface area contributed by atoms with E-state index in [0.717, 1.165) is 22.4 Å². The zero-order valence-corrected chi connectivity index (χ0v) is 12.8. The number of hydrogen-bond donors (Lipinski definition) is 0. The molecule has 6 heteroatoms. The SMILES string of the molecule is Cc1ccccc1-n1nnnc1-c1ccc(Cl)c(C#N)c1C. The smallest absolute Gasteiger partial charge is 0.187 e. The molecule has 0 amide bonds. The Bertz CT molecular complexity index is 892. The van der Waals surface area contributed by atoms with E-state index in [4.69, 9.17) is 11.6 Å². The van der Waals surface area contributed by atoms with Gasteiger partial charge in [-0.2, -0.15) is 9.94 Å². The minimum Gasteiger partial charge on any atom is -0.193 e. The van der Waals surface area contributed by atoms with Gasteiger partial charge in [0.1, 0.15) is 6.07 Å². The van der Waals surface area contributed by atoms with E-state index in [0.29, 0.717) is 16.4 Å². The number of nitrogens with zero attached hydrogens (tertiary/aromatic N) is 5. The molecule has 3 rings (SSSR count). The maximum absolute atomic E-state index is 9.26. The average molecular weight is 310 g/mol. The zero-order chi connectivity index (χ0) is 15.7. The maximum atomic E-state index is 9.26. The molecule has 2 aromatic carbocycles. The van der Waals surface area contributed by atoms with Crippen molar-refractivity contribution in [2.75, 3.05) is 0 Å². The normalized spacial score (nSPS) is 10.5. The lowest BCUT2D eigenvalue weighted by atomic mass is 10.0. The van der Waals surface area contributed by atoms with E-state index < -0.39 is 0 Å². The Labute approximate surface area is 132 Å². The molecule has 0 spiro atoms. The number of nitriles is 1. The molecule has 1 aromatic heterocycles. The Balaban J connectivity index is 2.23. The molecule has 0 aliphatic rings. The van der Waals surface area contributed by atoms with Gasteiger partial charge in [-0.15, -0.1) is 5.10 Å². The Morgan fingerprint density at radius 2 is 1.91 bits per heavy atom. The largest absolute Gasteiger partial charge is 0.193 e. The molecule has 3 aromatic rings. The topological polar surface area (TPSA) is 67.4 Å². The lowest BCUT2D eigenvalue weighted by molar-refractivity contribution is 0.787. The van der Waals surface area contributed by atoms with Gasteiger partial charge in [0.05, 0.1) is 16.3 Å². The summed E-state index contributed by atoms with van der Waals surface area (Å²) in [6, 6.07) is 13.5. The number of halogens is 1. The number of aromatic nitrogens is 4. The highest BCUT2D eigenvalue weighted by molar-refractivity contribution is 6.32. The van der Waals surface area contributed by atoms with E-state index >= 15 is 0 Å². The summed E-state index contributed by atoms with van der Waals surface area (Å²) in [6.07, 6.45) is 0. The highest BCUT2D eigenvalue weighted by atomic mass is 35.5. The third-order valence-electron chi connectivity index (χ3n) is 3.58. The molecule has 1 heterocycles. The van der Waals surface area contributed by atoms with Crippen molar-refractivity contribution in [2.45, 2.75) is 13.8 Å². The van der Waals surface area contributed by atoms with Crippen LogP contribution in [0.5, 0.6) is 0 Å². The summed E-state index contributed by atoms with van der Waals surface area (Å²) in [6.45, 7) is 3.84. The van der Waals surface area contributed by atoms with E-state index in [1.807, 2.05) is 44.2 Å². The van der Waals surface area contributed by atoms with Crippen molar-refractivity contribution >= 4 is 11.6 Å². The van der Waals surface area contributed by atoms with E-state index in [9.17, 15) is 5.26 Å². The maximum Gasteiger partial charge on any atom is 0.187 e. The lowest BCUT2D eigenvalue weighted by Gasteiger charge is -2.10. The predicted octanol–water partition coefficient (Wildman–Crippen LogP) is 3.47. The Kier molecular flexibility index (Phi) is 3.61. The number of rotatable bonds is 2. The van der Waals surface area contributed by atoms with Crippen LogP contribution in [0.15, 0.2) is 36.4 Å². The highest BCUT2D eigenvalue weighted by Gasteiger charge is 2.17. The second kappa shape index (κ2) is 5.58. The fourth-order valence-electron chi connectivity index (χ4n) is 2.38. The van der Waals surface area contributed by atoms with Gasteiger partial charge in [0.25, 0.3) is 0 Å². The second-order valence-corrected chi connectivity index (χ2v) is 5.31. The number of tetrazole rings is 1. The van der Waals surface area contributed by atoms with E-state index in [1.165, 1.54) is 0 Å². The van der Waals surface area contributed by atoms with Gasteiger partial charge in [0.15, 0.2) is 5.82 Å². The van der Waals surface area contributed by atoms with Crippen molar-refractivity contribution in [1.82, 2.24) is 20.2 Å². The summed E-state index contributed by atoms with van der Waals surface area (Å²) in [5, 5.41) is 21.7. The van der Waals surface area contributed by atoms with Crippen LogP contribution in [-0.2, 0) is 0 Å². The van der Waals surface area contributed by atoms with Crippen molar-refractivity contribution in [3.63, 3.8) is 0 Å². The average Bonchev–Trinajstić information content (AvgIpc) is 2.97. The molecule has 0 saturated heterocycles. The van der Waals surface area contributed by atoms with Crippen molar-refractivity contribution in [1.29, 1.82) is 5.26 Å². The van der Waals surface area contributed by atoms with Crippen molar-refractivity contribution < 1.29 is 0 Å². The van der Waals surface area contributed by atoms with Crippen LogP contribution in [0.1, 0.15) is 16.7 Å². The molecule has 0 radical (unpaired) electrons. The predicted molar refractivity (Wildman–Crippen MR) is 83.8 cm³/mol. The van der Waals surface area contributed by atoms with Crippen LogP contribution in [0.25, 0.3) is 17.1 Å². The molecule has 0 bridgehead atoms. The van der Waals surface area contributed by atoms with Crippen LogP contribution < -0.4 is 0 Å². The molecular formula is C16H12ClN5. The Morgan fingerprint density at radius 1 is 1.14 bits per heavy atom. The third-order valence-corrected chi connectivity index (χ3v) is 3.89. The number of aryl methyl sites for hydroxylation is 1. The van der Waals surface area contributed by atoms with E-state index in [-0.39, 0.29) is 0 Å². The van der Waals surface area contributed by atoms with Gasteiger partial charge < -0.3 is 0 Å². The summed E-state index contributed by atoms with van der Waals surface area (Å²) in [5.74, 6) is 0.583. The number of para-hydroxylation sites is 1. The first-order valence-electron chi connectivity index (χ1n) is 6.67. The first-order valence-corrected chi connectivity index (χ1v) is 7.05. The summed E-state index contributed by atoms with van der Waals surface area (Å²) >= 11 is 6.06. The third kappa shape index (κ3) is 2.24. The van der Waals surface area contributed by atoms with Crippen LogP contribution in [0.3, 0.4) is 0 Å². The molecule has 0 N–H and O–H groups in total. The van der Waals surface area contributed by atoms with Crippen LogP contribution in [0.2, 0.25) is 5.02 Å². The molecule has 108 valence electrons. The standard InChI is InChI=1S/C16H12ClN5/c1-10-5-3-4-6-15(10)22-16(19-20-21-22)12-7-8-14(17)13(9-18)11(12)2/h3-8H,1-2H3. The molecule has 0 saturated carbocycles. The van der Waals surface area contributed by atoms with Gasteiger partial charge in [-0.25, -0.2) is 0 Å². The van der Waals surface area contributed by atoms with Gasteiger partial charge >= 0.3 is 0 Å². The fourth-order valence-corrected chi connectivity index (χ4v) is 2.62. The van der Waals surface area contributed by atoms with Crippen LogP contribution in [-0.4, -0.2) is 20.2 Å². The van der Waals surface area contributed by atoms with Gasteiger partial charge in [0.2, 0.25) is 0 Å².